The first-order valence-electron chi connectivity index (χ1n) is 5.75. The summed E-state index contributed by atoms with van der Waals surface area (Å²) in [5, 5.41) is 2.27. The van der Waals surface area contributed by atoms with E-state index < -0.39 is 42.7 Å². The molecule has 21 heavy (non-hydrogen) atoms. The molecule has 1 rings (SSSR count). The molecule has 0 aliphatic rings. The summed E-state index contributed by atoms with van der Waals surface area (Å²) >= 11 is 0. The highest BCUT2D eigenvalue weighted by Gasteiger charge is 2.27. The normalized spacial score (nSPS) is 12.3. The number of benzene rings is 1. The number of rotatable bonds is 5. The van der Waals surface area contributed by atoms with Crippen molar-refractivity contribution >= 4 is 25.6 Å². The first-order valence-corrected chi connectivity index (χ1v) is 8.06. The van der Waals surface area contributed by atoms with E-state index in [1.807, 2.05) is 0 Å². The summed E-state index contributed by atoms with van der Waals surface area (Å²) < 4.78 is 54.9. The van der Waals surface area contributed by atoms with Crippen molar-refractivity contribution in [2.45, 2.75) is 24.3 Å². The third-order valence-corrected chi connectivity index (χ3v) is 4.11. The summed E-state index contributed by atoms with van der Waals surface area (Å²) in [6, 6.07) is 1.32. The Morgan fingerprint density at radius 3 is 2.43 bits per heavy atom. The van der Waals surface area contributed by atoms with Crippen molar-refractivity contribution in [3.05, 3.63) is 29.3 Å². The summed E-state index contributed by atoms with van der Waals surface area (Å²) in [5.41, 5.74) is -1.76. The third kappa shape index (κ3) is 4.36. The predicted molar refractivity (Wildman–Crippen MR) is 72.8 cm³/mol. The highest BCUT2D eigenvalue weighted by atomic mass is 35.7. The lowest BCUT2D eigenvalue weighted by Gasteiger charge is -2.23. The number of hydrogen-bond acceptors (Lipinski definition) is 4. The Kier molecular flexibility index (Phi) is 5.30. The van der Waals surface area contributed by atoms with Crippen LogP contribution in [0.2, 0.25) is 0 Å². The Bertz CT molecular complexity index is 661. The van der Waals surface area contributed by atoms with Crippen LogP contribution in [0.1, 0.15) is 24.2 Å². The van der Waals surface area contributed by atoms with Crippen LogP contribution in [0.25, 0.3) is 0 Å². The number of methoxy groups -OCH3 is 1. The van der Waals surface area contributed by atoms with Gasteiger partial charge in [0.2, 0.25) is 0 Å². The van der Waals surface area contributed by atoms with E-state index in [1.165, 1.54) is 7.11 Å². The molecule has 0 aliphatic carbocycles. The molecule has 1 aromatic rings. The molecule has 1 amide bonds. The molecular weight excluding hydrogens is 328 g/mol. The summed E-state index contributed by atoms with van der Waals surface area (Å²) in [7, 11) is 2.01. The van der Waals surface area contributed by atoms with E-state index in [-0.39, 0.29) is 6.54 Å². The van der Waals surface area contributed by atoms with Crippen molar-refractivity contribution in [2.24, 2.45) is 0 Å². The van der Waals surface area contributed by atoms with Crippen molar-refractivity contribution in [2.75, 3.05) is 13.7 Å². The molecule has 0 atom stereocenters. The van der Waals surface area contributed by atoms with Crippen LogP contribution in [0.3, 0.4) is 0 Å². The Morgan fingerprint density at radius 1 is 1.38 bits per heavy atom. The third-order valence-electron chi connectivity index (χ3n) is 2.77. The summed E-state index contributed by atoms with van der Waals surface area (Å²) in [4.78, 5) is 10.9. The highest BCUT2D eigenvalue weighted by Crippen LogP contribution is 2.24. The molecule has 0 spiro atoms. The van der Waals surface area contributed by atoms with E-state index >= 15 is 0 Å². The Hall–Kier alpha value is -1.25. The van der Waals surface area contributed by atoms with E-state index in [1.54, 1.807) is 13.8 Å². The molecule has 0 radical (unpaired) electrons. The molecule has 0 fully saturated rings. The van der Waals surface area contributed by atoms with Gasteiger partial charge in [-0.1, -0.05) is 0 Å². The quantitative estimate of drug-likeness (QED) is 0.832. The minimum Gasteiger partial charge on any atom is -0.377 e. The Morgan fingerprint density at radius 2 is 1.95 bits per heavy atom. The lowest BCUT2D eigenvalue weighted by Crippen LogP contribution is -2.40. The summed E-state index contributed by atoms with van der Waals surface area (Å²) in [5.74, 6) is -3.82. The fourth-order valence-electron chi connectivity index (χ4n) is 1.38. The standard InChI is InChI=1S/C12H14ClF2NO4S/c1-12(2,20-3)6-16-11(17)9-7(14)4-5-8(10(9)15)21(13,18)19/h4-5H,6H2,1-3H3,(H,16,17). The van der Waals surface area contributed by atoms with Crippen LogP contribution in [-0.4, -0.2) is 33.6 Å². The van der Waals surface area contributed by atoms with Gasteiger partial charge in [-0.05, 0) is 26.0 Å². The molecule has 1 aromatic carbocycles. The van der Waals surface area contributed by atoms with Crippen LogP contribution in [0, 0.1) is 11.6 Å². The zero-order valence-corrected chi connectivity index (χ0v) is 13.1. The maximum Gasteiger partial charge on any atom is 0.264 e. The largest absolute Gasteiger partial charge is 0.377 e. The van der Waals surface area contributed by atoms with E-state index in [0.717, 1.165) is 0 Å². The average molecular weight is 342 g/mol. The zero-order chi connectivity index (χ0) is 16.4. The molecule has 0 aromatic heterocycles. The first-order chi connectivity index (χ1) is 9.49. The fourth-order valence-corrected chi connectivity index (χ4v) is 2.29. The van der Waals surface area contributed by atoms with Gasteiger partial charge in [-0.15, -0.1) is 0 Å². The van der Waals surface area contributed by atoms with Gasteiger partial charge in [0, 0.05) is 24.3 Å². The molecule has 0 aliphatic heterocycles. The van der Waals surface area contributed by atoms with Crippen LogP contribution in [0.15, 0.2) is 17.0 Å². The van der Waals surface area contributed by atoms with Gasteiger partial charge in [0.15, 0.2) is 5.82 Å². The van der Waals surface area contributed by atoms with Gasteiger partial charge in [-0.25, -0.2) is 17.2 Å². The Balaban J connectivity index is 3.16. The number of carbonyl (C=O) groups excluding carboxylic acids is 1. The van der Waals surface area contributed by atoms with Gasteiger partial charge in [-0.3, -0.25) is 4.79 Å². The summed E-state index contributed by atoms with van der Waals surface area (Å²) in [6.45, 7) is 3.28. The van der Waals surface area contributed by atoms with Crippen LogP contribution < -0.4 is 5.32 Å². The number of carbonyl (C=O) groups is 1. The maximum atomic E-state index is 14.0. The zero-order valence-electron chi connectivity index (χ0n) is 11.5. The monoisotopic (exact) mass is 341 g/mol. The van der Waals surface area contributed by atoms with E-state index in [2.05, 4.69) is 5.32 Å². The van der Waals surface area contributed by atoms with Crippen molar-refractivity contribution < 1.29 is 26.7 Å². The maximum absolute atomic E-state index is 14.0. The van der Waals surface area contributed by atoms with Gasteiger partial charge in [-0.2, -0.15) is 0 Å². The SMILES string of the molecule is COC(C)(C)CNC(=O)c1c(F)ccc(S(=O)(=O)Cl)c1F. The van der Waals surface area contributed by atoms with E-state index in [0.29, 0.717) is 12.1 Å². The fraction of sp³-hybridized carbons (Fsp3) is 0.417. The number of hydrogen-bond donors (Lipinski definition) is 1. The van der Waals surface area contributed by atoms with Crippen molar-refractivity contribution in [1.82, 2.24) is 5.32 Å². The first kappa shape index (κ1) is 17.8. The van der Waals surface area contributed by atoms with Crippen molar-refractivity contribution in [3.63, 3.8) is 0 Å². The van der Waals surface area contributed by atoms with Gasteiger partial charge in [0.1, 0.15) is 16.3 Å². The average Bonchev–Trinajstić information content (AvgIpc) is 2.35. The molecule has 0 heterocycles. The minimum absolute atomic E-state index is 0.0287. The molecular formula is C12H14ClF2NO4S. The molecule has 0 bridgehead atoms. The number of amides is 1. The molecule has 118 valence electrons. The van der Waals surface area contributed by atoms with Crippen LogP contribution in [0.5, 0.6) is 0 Å². The second kappa shape index (κ2) is 6.25. The lowest BCUT2D eigenvalue weighted by atomic mass is 10.1. The van der Waals surface area contributed by atoms with Crippen molar-refractivity contribution in [3.8, 4) is 0 Å². The second-order valence-electron chi connectivity index (χ2n) is 4.82. The number of ether oxygens (including phenoxy) is 1. The van der Waals surface area contributed by atoms with Gasteiger partial charge >= 0.3 is 0 Å². The number of nitrogens with one attached hydrogen (secondary N) is 1. The molecule has 9 heteroatoms. The van der Waals surface area contributed by atoms with Gasteiger partial charge in [0.05, 0.1) is 5.60 Å². The van der Waals surface area contributed by atoms with Crippen LogP contribution in [0.4, 0.5) is 8.78 Å². The van der Waals surface area contributed by atoms with Crippen LogP contribution in [-0.2, 0) is 13.8 Å². The van der Waals surface area contributed by atoms with Gasteiger partial charge in [0.25, 0.3) is 15.0 Å². The molecule has 0 saturated carbocycles. The minimum atomic E-state index is -4.43. The van der Waals surface area contributed by atoms with E-state index in [4.69, 9.17) is 15.4 Å². The summed E-state index contributed by atoms with van der Waals surface area (Å²) in [6.07, 6.45) is 0. The molecule has 0 saturated heterocycles. The Labute approximate surface area is 125 Å². The van der Waals surface area contributed by atoms with Gasteiger partial charge < -0.3 is 10.1 Å². The smallest absolute Gasteiger partial charge is 0.264 e. The second-order valence-corrected chi connectivity index (χ2v) is 7.35. The van der Waals surface area contributed by atoms with E-state index in [9.17, 15) is 22.0 Å². The highest BCUT2D eigenvalue weighted by molar-refractivity contribution is 8.13. The number of halogens is 3. The topological polar surface area (TPSA) is 72.5 Å². The molecule has 1 N–H and O–H groups in total. The predicted octanol–water partition coefficient (Wildman–Crippen LogP) is 2.05. The van der Waals surface area contributed by atoms with Crippen molar-refractivity contribution in [1.29, 1.82) is 0 Å². The lowest BCUT2D eigenvalue weighted by molar-refractivity contribution is 0.0227. The molecule has 0 unspecified atom stereocenters. The molecule has 5 nitrogen and oxygen atoms in total. The van der Waals surface area contributed by atoms with Crippen LogP contribution >= 0.6 is 10.7 Å².